The Balaban J connectivity index is 0.00000169. The molecule has 1 amide bonds. The van der Waals surface area contributed by atoms with Gasteiger partial charge in [0, 0.05) is 38.4 Å². The molecule has 2 aliphatic heterocycles. The van der Waals surface area contributed by atoms with Crippen LogP contribution in [-0.4, -0.2) is 57.3 Å². The molecule has 3 heterocycles. The number of anilines is 1. The van der Waals surface area contributed by atoms with Crippen LogP contribution in [0.4, 0.5) is 5.82 Å². The summed E-state index contributed by atoms with van der Waals surface area (Å²) < 4.78 is 5.40. The molecule has 0 bridgehead atoms. The summed E-state index contributed by atoms with van der Waals surface area (Å²) in [5.41, 5.74) is 0.665. The lowest BCUT2D eigenvalue weighted by Crippen LogP contribution is -2.47. The van der Waals surface area contributed by atoms with Crippen LogP contribution in [0.25, 0.3) is 0 Å². The summed E-state index contributed by atoms with van der Waals surface area (Å²) in [7, 11) is 1.73. The molecule has 0 spiro atoms. The molecule has 1 aromatic rings. The van der Waals surface area contributed by atoms with Crippen molar-refractivity contribution in [2.24, 2.45) is 5.41 Å². The Hall–Kier alpha value is -1.08. The second-order valence-corrected chi connectivity index (χ2v) is 6.96. The number of amides is 1. The van der Waals surface area contributed by atoms with Gasteiger partial charge in [0.2, 0.25) is 0 Å². The van der Waals surface area contributed by atoms with E-state index in [1.54, 1.807) is 13.3 Å². The average Bonchev–Trinajstić information content (AvgIpc) is 3.16. The van der Waals surface area contributed by atoms with Crippen LogP contribution in [0.2, 0.25) is 0 Å². The van der Waals surface area contributed by atoms with Gasteiger partial charge >= 0.3 is 0 Å². The van der Waals surface area contributed by atoms with Crippen molar-refractivity contribution in [3.63, 3.8) is 0 Å². The van der Waals surface area contributed by atoms with E-state index in [4.69, 9.17) is 4.74 Å². The maximum absolute atomic E-state index is 12.4. The van der Waals surface area contributed by atoms with Gasteiger partial charge in [0.1, 0.15) is 5.82 Å². The zero-order valence-electron chi connectivity index (χ0n) is 15.3. The number of nitrogens with zero attached hydrogens (tertiary/aromatic N) is 2. The summed E-state index contributed by atoms with van der Waals surface area (Å²) in [6.45, 7) is 5.41. The largest absolute Gasteiger partial charge is 0.384 e. The maximum Gasteiger partial charge on any atom is 0.252 e. The van der Waals surface area contributed by atoms with Gasteiger partial charge in [-0.2, -0.15) is 0 Å². The lowest BCUT2D eigenvalue weighted by molar-refractivity contribution is 0.0511. The van der Waals surface area contributed by atoms with Crippen molar-refractivity contribution < 1.29 is 9.53 Å². The highest BCUT2D eigenvalue weighted by Gasteiger charge is 2.32. The Morgan fingerprint density at radius 2 is 1.96 bits per heavy atom. The predicted octanol–water partition coefficient (Wildman–Crippen LogP) is 2.27. The summed E-state index contributed by atoms with van der Waals surface area (Å²) >= 11 is 0. The summed E-state index contributed by atoms with van der Waals surface area (Å²) in [4.78, 5) is 19.2. The van der Waals surface area contributed by atoms with Crippen LogP contribution in [-0.2, 0) is 4.74 Å². The van der Waals surface area contributed by atoms with E-state index in [1.807, 2.05) is 12.1 Å². The van der Waals surface area contributed by atoms with Crippen LogP contribution in [0.5, 0.6) is 0 Å². The Bertz CT molecular complexity index is 539. The number of ether oxygens (including phenoxy) is 1. The number of pyridine rings is 1. The van der Waals surface area contributed by atoms with Gasteiger partial charge in [-0.25, -0.2) is 4.98 Å². The van der Waals surface area contributed by atoms with Crippen molar-refractivity contribution in [2.75, 3.05) is 51.3 Å². The summed E-state index contributed by atoms with van der Waals surface area (Å²) in [5.74, 6) is 0.919. The van der Waals surface area contributed by atoms with E-state index in [1.165, 1.54) is 12.8 Å². The molecule has 6 nitrogen and oxygen atoms in total. The maximum atomic E-state index is 12.4. The van der Waals surface area contributed by atoms with Crippen LogP contribution in [0.3, 0.4) is 0 Å². The molecule has 0 unspecified atom stereocenters. The quantitative estimate of drug-likeness (QED) is 0.760. The average molecular weight is 405 g/mol. The van der Waals surface area contributed by atoms with Crippen molar-refractivity contribution in [3.05, 3.63) is 23.9 Å². The molecule has 2 fully saturated rings. The first-order valence-corrected chi connectivity index (χ1v) is 8.91. The van der Waals surface area contributed by atoms with Gasteiger partial charge in [-0.05, 0) is 50.9 Å². The normalized spacial score (nSPS) is 18.6. The number of carbonyl (C=O) groups is 1. The molecule has 0 atom stereocenters. The minimum Gasteiger partial charge on any atom is -0.384 e. The SMILES string of the molecule is COCC1(CNC(=O)c2ccc(N3CCCC3)nc2)CCNCC1.Cl.Cl. The smallest absolute Gasteiger partial charge is 0.252 e. The molecular formula is C18H30Cl2N4O2. The van der Waals surface area contributed by atoms with E-state index in [0.717, 1.165) is 44.8 Å². The van der Waals surface area contributed by atoms with E-state index in [2.05, 4.69) is 20.5 Å². The molecule has 1 aromatic heterocycles. The molecule has 0 aromatic carbocycles. The minimum atomic E-state index is -0.0514. The monoisotopic (exact) mass is 404 g/mol. The lowest BCUT2D eigenvalue weighted by Gasteiger charge is -2.37. The zero-order chi connectivity index (χ0) is 16.8. The molecule has 148 valence electrons. The summed E-state index contributed by atoms with van der Waals surface area (Å²) in [5, 5.41) is 6.45. The minimum absolute atomic E-state index is 0. The van der Waals surface area contributed by atoms with Crippen LogP contribution in [0, 0.1) is 5.41 Å². The van der Waals surface area contributed by atoms with Crippen molar-refractivity contribution in [3.8, 4) is 0 Å². The molecule has 2 saturated heterocycles. The number of aromatic nitrogens is 1. The highest BCUT2D eigenvalue weighted by Crippen LogP contribution is 2.28. The number of methoxy groups -OCH3 is 1. The molecule has 2 aliphatic rings. The third-order valence-electron chi connectivity index (χ3n) is 5.18. The third kappa shape index (κ3) is 5.71. The molecule has 0 radical (unpaired) electrons. The molecule has 8 heteroatoms. The highest BCUT2D eigenvalue weighted by atomic mass is 35.5. The van der Waals surface area contributed by atoms with E-state index in [-0.39, 0.29) is 36.1 Å². The second kappa shape index (κ2) is 10.9. The number of nitrogens with one attached hydrogen (secondary N) is 2. The van der Waals surface area contributed by atoms with Gasteiger partial charge in [-0.15, -0.1) is 24.8 Å². The molecule has 26 heavy (non-hydrogen) atoms. The molecular weight excluding hydrogens is 375 g/mol. The first kappa shape index (κ1) is 23.0. The van der Waals surface area contributed by atoms with Gasteiger partial charge in [0.25, 0.3) is 5.91 Å². The Labute approximate surface area is 168 Å². The number of rotatable bonds is 6. The molecule has 2 N–H and O–H groups in total. The molecule has 0 aliphatic carbocycles. The second-order valence-electron chi connectivity index (χ2n) is 6.96. The number of piperidine rings is 1. The van der Waals surface area contributed by atoms with Crippen LogP contribution >= 0.6 is 24.8 Å². The number of carbonyl (C=O) groups excluding carboxylic acids is 1. The topological polar surface area (TPSA) is 66.5 Å². The fourth-order valence-electron chi connectivity index (χ4n) is 3.66. The number of hydrogen-bond acceptors (Lipinski definition) is 5. The fraction of sp³-hybridized carbons (Fsp3) is 0.667. The number of halogens is 2. The third-order valence-corrected chi connectivity index (χ3v) is 5.18. The zero-order valence-corrected chi connectivity index (χ0v) is 17.0. The van der Waals surface area contributed by atoms with Gasteiger partial charge in [-0.3, -0.25) is 4.79 Å². The van der Waals surface area contributed by atoms with Crippen molar-refractivity contribution in [2.45, 2.75) is 25.7 Å². The molecule has 0 saturated carbocycles. The van der Waals surface area contributed by atoms with Crippen LogP contribution in [0.15, 0.2) is 18.3 Å². The van der Waals surface area contributed by atoms with E-state index < -0.39 is 0 Å². The Kier molecular flexibility index (Phi) is 9.64. The van der Waals surface area contributed by atoms with Crippen molar-refractivity contribution in [1.82, 2.24) is 15.6 Å². The van der Waals surface area contributed by atoms with Crippen molar-refractivity contribution in [1.29, 1.82) is 0 Å². The van der Waals surface area contributed by atoms with Crippen LogP contribution < -0.4 is 15.5 Å². The Morgan fingerprint density at radius 3 is 2.54 bits per heavy atom. The fourth-order valence-corrected chi connectivity index (χ4v) is 3.66. The summed E-state index contributed by atoms with van der Waals surface area (Å²) in [6, 6.07) is 3.83. The number of hydrogen-bond donors (Lipinski definition) is 2. The van der Waals surface area contributed by atoms with E-state index in [9.17, 15) is 4.79 Å². The first-order valence-electron chi connectivity index (χ1n) is 8.91. The van der Waals surface area contributed by atoms with Crippen LogP contribution in [0.1, 0.15) is 36.0 Å². The standard InChI is InChI=1S/C18H28N4O2.2ClH/c1-24-14-18(6-8-19-9-7-18)13-21-17(23)15-4-5-16(20-12-15)22-10-2-3-11-22;;/h4-5,12,19H,2-3,6-11,13-14H2,1H3,(H,21,23);2*1H. The van der Waals surface area contributed by atoms with Crippen molar-refractivity contribution >= 4 is 36.5 Å². The van der Waals surface area contributed by atoms with Gasteiger partial charge in [-0.1, -0.05) is 0 Å². The van der Waals surface area contributed by atoms with E-state index >= 15 is 0 Å². The highest BCUT2D eigenvalue weighted by molar-refractivity contribution is 5.94. The van der Waals surface area contributed by atoms with Gasteiger partial charge in [0.05, 0.1) is 12.2 Å². The first-order chi connectivity index (χ1) is 11.7. The van der Waals surface area contributed by atoms with Gasteiger partial charge < -0.3 is 20.3 Å². The predicted molar refractivity (Wildman–Crippen MR) is 109 cm³/mol. The molecule has 3 rings (SSSR count). The lowest BCUT2D eigenvalue weighted by atomic mass is 9.79. The van der Waals surface area contributed by atoms with E-state index in [0.29, 0.717) is 18.7 Å². The Morgan fingerprint density at radius 1 is 1.27 bits per heavy atom. The summed E-state index contributed by atoms with van der Waals surface area (Å²) in [6.07, 6.45) is 6.18. The van der Waals surface area contributed by atoms with Gasteiger partial charge in [0.15, 0.2) is 0 Å².